The van der Waals surface area contributed by atoms with Gasteiger partial charge >= 0.3 is 0 Å². The molecule has 0 saturated carbocycles. The summed E-state index contributed by atoms with van der Waals surface area (Å²) in [5.74, 6) is 1.93. The number of hydrogen-bond acceptors (Lipinski definition) is 7. The molecule has 0 spiro atoms. The number of benzene rings is 2. The Morgan fingerprint density at radius 1 is 1.21 bits per heavy atom. The third-order valence-electron chi connectivity index (χ3n) is 5.93. The molecule has 34 heavy (non-hydrogen) atoms. The molecule has 1 aromatic heterocycles. The number of aromatic nitrogens is 2. The van der Waals surface area contributed by atoms with Gasteiger partial charge in [0.2, 0.25) is 17.6 Å². The first-order chi connectivity index (χ1) is 16.6. The van der Waals surface area contributed by atoms with Gasteiger partial charge in [0.15, 0.2) is 11.5 Å². The fraction of sp³-hybridized carbons (Fsp3) is 0.400. The smallest absolute Gasteiger partial charge is 0.234 e. The minimum Gasteiger partial charge on any atom is -0.493 e. The number of nitrogens with one attached hydrogen (secondary N) is 1. The summed E-state index contributed by atoms with van der Waals surface area (Å²) in [5, 5.41) is 7.00. The van der Waals surface area contributed by atoms with Crippen LogP contribution >= 0.6 is 0 Å². The van der Waals surface area contributed by atoms with Crippen molar-refractivity contribution in [2.45, 2.75) is 25.2 Å². The molecular weight excluding hydrogens is 439 g/mol. The summed E-state index contributed by atoms with van der Waals surface area (Å²) in [6.07, 6.45) is 2.53. The van der Waals surface area contributed by atoms with Crippen molar-refractivity contribution >= 4 is 5.91 Å². The van der Waals surface area contributed by atoms with Crippen LogP contribution in [0.1, 0.15) is 30.2 Å². The highest BCUT2D eigenvalue weighted by Crippen LogP contribution is 2.28. The van der Waals surface area contributed by atoms with Crippen LogP contribution < -0.4 is 14.8 Å². The number of carbonyl (C=O) groups is 1. The fourth-order valence-corrected chi connectivity index (χ4v) is 4.19. The lowest BCUT2D eigenvalue weighted by Gasteiger charge is -2.30. The van der Waals surface area contributed by atoms with Crippen LogP contribution in [0.25, 0.3) is 11.4 Å². The van der Waals surface area contributed by atoms with Gasteiger partial charge < -0.3 is 19.3 Å². The normalized spacial score (nSPS) is 16.3. The first kappa shape index (κ1) is 23.7. The molecule has 2 aromatic carbocycles. The van der Waals surface area contributed by atoms with Crippen LogP contribution in [-0.2, 0) is 11.2 Å². The van der Waals surface area contributed by atoms with E-state index in [0.717, 1.165) is 24.9 Å². The van der Waals surface area contributed by atoms with Gasteiger partial charge in [-0.3, -0.25) is 9.69 Å². The van der Waals surface area contributed by atoms with Gasteiger partial charge in [0, 0.05) is 18.7 Å². The number of rotatable bonds is 9. The summed E-state index contributed by atoms with van der Waals surface area (Å²) in [6.45, 7) is 2.35. The Hall–Kier alpha value is -3.46. The maximum absolute atomic E-state index is 13.5. The molecule has 8 nitrogen and oxygen atoms in total. The summed E-state index contributed by atoms with van der Waals surface area (Å²) in [5.41, 5.74) is 1.64. The van der Waals surface area contributed by atoms with Gasteiger partial charge in [0.1, 0.15) is 5.82 Å². The molecule has 0 radical (unpaired) electrons. The van der Waals surface area contributed by atoms with Crippen LogP contribution in [0.3, 0.4) is 0 Å². The molecule has 2 heterocycles. The van der Waals surface area contributed by atoms with E-state index in [4.69, 9.17) is 14.0 Å². The van der Waals surface area contributed by atoms with E-state index in [1.54, 1.807) is 26.4 Å². The molecule has 1 amide bonds. The molecule has 1 N–H and O–H groups in total. The van der Waals surface area contributed by atoms with Crippen LogP contribution in [0.5, 0.6) is 11.5 Å². The lowest BCUT2D eigenvalue weighted by molar-refractivity contribution is -0.122. The van der Waals surface area contributed by atoms with E-state index in [-0.39, 0.29) is 17.6 Å². The van der Waals surface area contributed by atoms with Crippen molar-refractivity contribution in [2.75, 3.05) is 40.4 Å². The zero-order valence-corrected chi connectivity index (χ0v) is 19.4. The molecule has 180 valence electrons. The minimum absolute atomic E-state index is 0.0212. The van der Waals surface area contributed by atoms with E-state index < -0.39 is 0 Å². The molecule has 1 unspecified atom stereocenters. The largest absolute Gasteiger partial charge is 0.493 e. The van der Waals surface area contributed by atoms with Gasteiger partial charge in [-0.2, -0.15) is 4.98 Å². The average Bonchev–Trinajstić information content (AvgIpc) is 3.35. The number of piperidine rings is 1. The third kappa shape index (κ3) is 5.91. The minimum atomic E-state index is -0.343. The SMILES string of the molecule is COc1ccc(CCNC(=O)CN2CCCC(c3nc(-c4cccc(F)c4)no3)C2)cc1OC. The van der Waals surface area contributed by atoms with Gasteiger partial charge in [-0.15, -0.1) is 0 Å². The second kappa shape index (κ2) is 11.1. The number of methoxy groups -OCH3 is 2. The number of hydrogen-bond donors (Lipinski definition) is 1. The van der Waals surface area contributed by atoms with E-state index in [1.807, 2.05) is 18.2 Å². The average molecular weight is 469 g/mol. The van der Waals surface area contributed by atoms with Crippen molar-refractivity contribution in [3.05, 3.63) is 59.7 Å². The molecule has 1 atom stereocenters. The second-order valence-corrected chi connectivity index (χ2v) is 8.33. The highest BCUT2D eigenvalue weighted by atomic mass is 19.1. The lowest BCUT2D eigenvalue weighted by atomic mass is 9.98. The number of likely N-dealkylation sites (tertiary alicyclic amines) is 1. The van der Waals surface area contributed by atoms with Crippen molar-refractivity contribution in [2.24, 2.45) is 0 Å². The Bertz CT molecular complexity index is 1120. The highest BCUT2D eigenvalue weighted by Gasteiger charge is 2.27. The van der Waals surface area contributed by atoms with Crippen LogP contribution in [0.15, 0.2) is 47.0 Å². The van der Waals surface area contributed by atoms with Crippen LogP contribution in [-0.4, -0.2) is 61.3 Å². The van der Waals surface area contributed by atoms with Gasteiger partial charge in [-0.1, -0.05) is 23.4 Å². The first-order valence-electron chi connectivity index (χ1n) is 11.3. The topological polar surface area (TPSA) is 89.7 Å². The van der Waals surface area contributed by atoms with E-state index in [0.29, 0.717) is 54.8 Å². The Labute approximate surface area is 198 Å². The molecule has 9 heteroatoms. The van der Waals surface area contributed by atoms with Gasteiger partial charge in [0.25, 0.3) is 0 Å². The molecular formula is C25H29FN4O4. The maximum atomic E-state index is 13.5. The van der Waals surface area contributed by atoms with Crippen molar-refractivity contribution in [1.82, 2.24) is 20.4 Å². The lowest BCUT2D eigenvalue weighted by Crippen LogP contribution is -2.42. The van der Waals surface area contributed by atoms with Gasteiger partial charge in [-0.25, -0.2) is 4.39 Å². The molecule has 1 saturated heterocycles. The molecule has 0 bridgehead atoms. The molecule has 4 rings (SSSR count). The molecule has 1 aliphatic heterocycles. The summed E-state index contributed by atoms with van der Waals surface area (Å²) < 4.78 is 29.6. The first-order valence-corrected chi connectivity index (χ1v) is 11.3. The summed E-state index contributed by atoms with van der Waals surface area (Å²) >= 11 is 0. The fourth-order valence-electron chi connectivity index (χ4n) is 4.19. The van der Waals surface area contributed by atoms with Crippen LogP contribution in [0.2, 0.25) is 0 Å². The number of nitrogens with zero attached hydrogens (tertiary/aromatic N) is 3. The third-order valence-corrected chi connectivity index (χ3v) is 5.93. The molecule has 0 aliphatic carbocycles. The monoisotopic (exact) mass is 468 g/mol. The predicted octanol–water partition coefficient (Wildman–Crippen LogP) is 3.43. The Kier molecular flexibility index (Phi) is 7.74. The Balaban J connectivity index is 1.26. The molecule has 1 aliphatic rings. The quantitative estimate of drug-likeness (QED) is 0.515. The van der Waals surface area contributed by atoms with E-state index in [1.165, 1.54) is 12.1 Å². The number of ether oxygens (including phenoxy) is 2. The second-order valence-electron chi connectivity index (χ2n) is 8.33. The zero-order valence-electron chi connectivity index (χ0n) is 19.4. The van der Waals surface area contributed by atoms with E-state index in [2.05, 4.69) is 20.4 Å². The maximum Gasteiger partial charge on any atom is 0.234 e. The molecule has 1 fully saturated rings. The zero-order chi connectivity index (χ0) is 23.9. The van der Waals surface area contributed by atoms with E-state index in [9.17, 15) is 9.18 Å². The van der Waals surface area contributed by atoms with Gasteiger partial charge in [0.05, 0.1) is 26.7 Å². The van der Waals surface area contributed by atoms with Crippen LogP contribution in [0, 0.1) is 5.82 Å². The van der Waals surface area contributed by atoms with E-state index >= 15 is 0 Å². The van der Waals surface area contributed by atoms with Gasteiger partial charge in [-0.05, 0) is 55.6 Å². The summed E-state index contributed by atoms with van der Waals surface area (Å²) in [4.78, 5) is 19.1. The van der Waals surface area contributed by atoms with Crippen molar-refractivity contribution in [1.29, 1.82) is 0 Å². The van der Waals surface area contributed by atoms with Crippen molar-refractivity contribution in [3.8, 4) is 22.9 Å². The molecule has 3 aromatic rings. The number of amides is 1. The standard InChI is InChI=1S/C25H29FN4O4/c1-32-21-9-8-17(13-22(21)33-2)10-11-27-23(31)16-30-12-4-6-19(15-30)25-28-24(29-34-25)18-5-3-7-20(26)14-18/h3,5,7-9,13-14,19H,4,6,10-12,15-16H2,1-2H3,(H,27,31). The Morgan fingerprint density at radius 3 is 2.85 bits per heavy atom. The summed E-state index contributed by atoms with van der Waals surface area (Å²) in [7, 11) is 3.20. The van der Waals surface area contributed by atoms with Crippen molar-refractivity contribution < 1.29 is 23.2 Å². The Morgan fingerprint density at radius 2 is 2.06 bits per heavy atom. The predicted molar refractivity (Wildman–Crippen MR) is 124 cm³/mol. The van der Waals surface area contributed by atoms with Crippen LogP contribution in [0.4, 0.5) is 4.39 Å². The number of halogens is 1. The highest BCUT2D eigenvalue weighted by molar-refractivity contribution is 5.78. The summed E-state index contributed by atoms with van der Waals surface area (Å²) in [6, 6.07) is 11.9. The van der Waals surface area contributed by atoms with Crippen molar-refractivity contribution in [3.63, 3.8) is 0 Å². The number of carbonyl (C=O) groups excluding carboxylic acids is 1.